The van der Waals surface area contributed by atoms with Crippen molar-refractivity contribution in [1.29, 1.82) is 0 Å². The van der Waals surface area contributed by atoms with Gasteiger partial charge in [0, 0.05) is 51.7 Å². The van der Waals surface area contributed by atoms with E-state index in [1.807, 2.05) is 9.13 Å². The first-order valence-corrected chi connectivity index (χ1v) is 13.5. The maximum atomic E-state index is 13.4. The third-order valence-corrected chi connectivity index (χ3v) is 7.97. The number of rotatable bonds is 7. The number of nitrogens with one attached hydrogen (secondary N) is 1. The lowest BCUT2D eigenvalue weighted by molar-refractivity contribution is 0.123. The van der Waals surface area contributed by atoms with E-state index < -0.39 is 0 Å². The Morgan fingerprint density at radius 3 is 2.49 bits per heavy atom. The van der Waals surface area contributed by atoms with Crippen LogP contribution in [-0.4, -0.2) is 67.7 Å². The average Bonchev–Trinajstić information content (AvgIpc) is 3.63. The molecule has 1 aromatic carbocycles. The zero-order valence-electron chi connectivity index (χ0n) is 20.8. The van der Waals surface area contributed by atoms with Crippen molar-refractivity contribution in [2.24, 2.45) is 0 Å². The smallest absolute Gasteiger partial charge is 0.331 e. The van der Waals surface area contributed by atoms with Crippen LogP contribution in [0.4, 0.5) is 5.82 Å². The van der Waals surface area contributed by atoms with Crippen LogP contribution < -0.4 is 11.0 Å². The van der Waals surface area contributed by atoms with Gasteiger partial charge in [0.05, 0.1) is 12.6 Å². The number of fused-ring (bicyclic) bond motifs is 3. The number of piperazine rings is 1. The number of imidazole rings is 1. The van der Waals surface area contributed by atoms with Crippen molar-refractivity contribution in [3.05, 3.63) is 52.2 Å². The number of nitrogens with zero attached hydrogens (tertiary/aromatic N) is 6. The molecule has 0 amide bonds. The fourth-order valence-electron chi connectivity index (χ4n) is 6.11. The molecule has 2 fully saturated rings. The molecule has 1 saturated heterocycles. The molecule has 0 radical (unpaired) electrons. The summed E-state index contributed by atoms with van der Waals surface area (Å²) in [5.41, 5.74) is 2.32. The summed E-state index contributed by atoms with van der Waals surface area (Å²) in [5.74, 6) is 3.03. The van der Waals surface area contributed by atoms with Crippen molar-refractivity contribution in [2.75, 3.05) is 38.0 Å². The third kappa shape index (κ3) is 4.49. The molecule has 0 bridgehead atoms. The molecule has 4 heterocycles. The Hall–Kier alpha value is -2.71. The van der Waals surface area contributed by atoms with E-state index >= 15 is 0 Å². The summed E-state index contributed by atoms with van der Waals surface area (Å²) in [6.07, 6.45) is 5.74. The highest BCUT2D eigenvalue weighted by atomic mass is 16.1. The van der Waals surface area contributed by atoms with Crippen molar-refractivity contribution >= 4 is 5.82 Å². The Kier molecular flexibility index (Phi) is 6.33. The number of aromatic nitrogens is 4. The summed E-state index contributed by atoms with van der Waals surface area (Å²) >= 11 is 0. The number of hydrogen-bond acceptors (Lipinski definition) is 6. The van der Waals surface area contributed by atoms with E-state index in [1.54, 1.807) is 0 Å². The minimum atomic E-state index is 0.0508. The van der Waals surface area contributed by atoms with Crippen LogP contribution >= 0.6 is 0 Å². The van der Waals surface area contributed by atoms with Crippen LogP contribution in [0.2, 0.25) is 0 Å². The van der Waals surface area contributed by atoms with E-state index in [0.717, 1.165) is 81.7 Å². The molecular weight excluding hydrogens is 438 g/mol. The van der Waals surface area contributed by atoms with Gasteiger partial charge in [-0.1, -0.05) is 50.1 Å². The Morgan fingerprint density at radius 1 is 1.00 bits per heavy atom. The van der Waals surface area contributed by atoms with Gasteiger partial charge >= 0.3 is 5.69 Å². The van der Waals surface area contributed by atoms with E-state index in [9.17, 15) is 4.79 Å². The second-order valence-electron chi connectivity index (χ2n) is 10.5. The number of benzene rings is 1. The van der Waals surface area contributed by atoms with Crippen molar-refractivity contribution in [1.82, 2.24) is 28.9 Å². The van der Waals surface area contributed by atoms with Crippen LogP contribution in [0.15, 0.2) is 35.1 Å². The predicted molar refractivity (Wildman–Crippen MR) is 138 cm³/mol. The molecular formula is C27H37N7O. The fourth-order valence-corrected chi connectivity index (χ4v) is 6.11. The minimum Gasteiger partial charge on any atom is -0.364 e. The van der Waals surface area contributed by atoms with Crippen molar-refractivity contribution < 1.29 is 0 Å². The summed E-state index contributed by atoms with van der Waals surface area (Å²) in [7, 11) is 0. The van der Waals surface area contributed by atoms with Crippen molar-refractivity contribution in [3.63, 3.8) is 0 Å². The quantitative estimate of drug-likeness (QED) is 0.566. The molecule has 8 heteroatoms. The zero-order chi connectivity index (χ0) is 23.8. The highest BCUT2D eigenvalue weighted by molar-refractivity contribution is 5.70. The standard InChI is InChI=1S/C27H37N7O/c1-2-12-33-26-23(29-24(30-26)21-10-6-7-11-21)25-28-22(19-34(25)27(33)35)18-32-15-13-31(14-16-32)17-20-8-4-3-5-9-20/h3-5,8-9,21-22,28H,2,6-7,10-19H2,1H3. The van der Waals surface area contributed by atoms with Crippen LogP contribution in [0.5, 0.6) is 0 Å². The third-order valence-electron chi connectivity index (χ3n) is 7.97. The van der Waals surface area contributed by atoms with Crippen molar-refractivity contribution in [2.45, 2.75) is 70.6 Å². The molecule has 1 N–H and O–H groups in total. The zero-order valence-corrected chi connectivity index (χ0v) is 20.8. The van der Waals surface area contributed by atoms with Crippen LogP contribution in [-0.2, 0) is 19.6 Å². The molecule has 6 rings (SSSR count). The first-order valence-electron chi connectivity index (χ1n) is 13.5. The van der Waals surface area contributed by atoms with E-state index in [4.69, 9.17) is 9.97 Å². The lowest BCUT2D eigenvalue weighted by Gasteiger charge is -2.35. The topological polar surface area (TPSA) is 71.2 Å². The van der Waals surface area contributed by atoms with E-state index in [0.29, 0.717) is 19.0 Å². The first kappa shape index (κ1) is 22.7. The lowest BCUT2D eigenvalue weighted by atomic mass is 10.1. The summed E-state index contributed by atoms with van der Waals surface area (Å²) in [4.78, 5) is 28.4. The van der Waals surface area contributed by atoms with E-state index in [-0.39, 0.29) is 11.7 Å². The summed E-state index contributed by atoms with van der Waals surface area (Å²) in [5, 5.41) is 3.68. The Balaban J connectivity index is 1.16. The van der Waals surface area contributed by atoms with Crippen molar-refractivity contribution in [3.8, 4) is 11.5 Å². The first-order chi connectivity index (χ1) is 17.2. The van der Waals surface area contributed by atoms with Gasteiger partial charge < -0.3 is 5.32 Å². The summed E-state index contributed by atoms with van der Waals surface area (Å²) in [6, 6.07) is 10.9. The summed E-state index contributed by atoms with van der Waals surface area (Å²) < 4.78 is 3.78. The second-order valence-corrected chi connectivity index (χ2v) is 10.5. The molecule has 1 aromatic rings. The van der Waals surface area contributed by atoms with Gasteiger partial charge in [-0.25, -0.2) is 14.8 Å². The lowest BCUT2D eigenvalue weighted by Crippen LogP contribution is -2.49. The average molecular weight is 476 g/mol. The Bertz CT molecular complexity index is 1170. The van der Waals surface area contributed by atoms with Gasteiger partial charge in [-0.15, -0.1) is 0 Å². The molecule has 1 atom stereocenters. The van der Waals surface area contributed by atoms with Gasteiger partial charge in [0.15, 0.2) is 5.82 Å². The fraction of sp³-hybridized carbons (Fsp3) is 0.593. The SMILES string of the molecule is CCCn1c2nc(C3CCCC3)nc-2c2n(c1=O)CC(CN1CCN(Cc3ccccc3)CC1)N2. The normalized spacial score (nSPS) is 21.6. The maximum absolute atomic E-state index is 13.4. The molecule has 1 aliphatic carbocycles. The van der Waals surface area contributed by atoms with Crippen LogP contribution in [0.3, 0.4) is 0 Å². The molecule has 0 spiro atoms. The van der Waals surface area contributed by atoms with E-state index in [2.05, 4.69) is 52.4 Å². The largest absolute Gasteiger partial charge is 0.364 e. The Morgan fingerprint density at radius 2 is 1.74 bits per heavy atom. The van der Waals surface area contributed by atoms with E-state index in [1.165, 1.54) is 18.4 Å². The molecule has 1 saturated carbocycles. The molecule has 4 aliphatic heterocycles. The monoisotopic (exact) mass is 475 g/mol. The van der Waals surface area contributed by atoms with Gasteiger partial charge in [0.1, 0.15) is 17.3 Å². The number of anilines is 1. The van der Waals surface area contributed by atoms with Gasteiger partial charge in [-0.05, 0) is 24.8 Å². The molecule has 1 unspecified atom stereocenters. The second kappa shape index (κ2) is 9.74. The number of hydrogen-bond donors (Lipinski definition) is 1. The van der Waals surface area contributed by atoms with Gasteiger partial charge in [-0.2, -0.15) is 0 Å². The highest BCUT2D eigenvalue weighted by Gasteiger charge is 2.34. The Labute approximate surface area is 207 Å². The molecule has 35 heavy (non-hydrogen) atoms. The van der Waals surface area contributed by atoms with Crippen LogP contribution in [0, 0.1) is 0 Å². The maximum Gasteiger partial charge on any atom is 0.331 e. The molecule has 0 aromatic heterocycles. The van der Waals surface area contributed by atoms with Gasteiger partial charge in [-0.3, -0.25) is 18.9 Å². The molecule has 186 valence electrons. The minimum absolute atomic E-state index is 0.0508. The summed E-state index contributed by atoms with van der Waals surface area (Å²) in [6.45, 7) is 9.74. The van der Waals surface area contributed by atoms with Crippen LogP contribution in [0.25, 0.3) is 11.5 Å². The predicted octanol–water partition coefficient (Wildman–Crippen LogP) is 3.22. The molecule has 5 aliphatic rings. The molecule has 8 nitrogen and oxygen atoms in total. The van der Waals surface area contributed by atoms with Gasteiger partial charge in [0.25, 0.3) is 0 Å². The highest BCUT2D eigenvalue weighted by Crippen LogP contribution is 2.37. The van der Waals surface area contributed by atoms with Crippen LogP contribution in [0.1, 0.15) is 56.3 Å². The van der Waals surface area contributed by atoms with Gasteiger partial charge in [0.2, 0.25) is 0 Å².